The molecule has 0 radical (unpaired) electrons. The Morgan fingerprint density at radius 2 is 1.79 bits per heavy atom. The Kier molecular flexibility index (Phi) is 7.77. The standard InChI is InChI=1S/C26H33FN4O3/c27-22-10-8-19(9-11-22)16-20-12-14-29(15-13-20)18-21-4-1-2-7-25(21)30(26(28)32)23-5-3-6-24(17-23)31(33)34/h3,5-6,8-11,17,20-21,25H,1-2,4,7,12-16,18H2,(H2,28,32)/t21-,25+/m0/s1. The Hall–Kier alpha value is -3.00. The summed E-state index contributed by atoms with van der Waals surface area (Å²) >= 11 is 0. The van der Waals surface area contributed by atoms with Crippen LogP contribution in [0.15, 0.2) is 48.5 Å². The molecule has 1 aliphatic heterocycles. The number of piperidine rings is 1. The van der Waals surface area contributed by atoms with Crippen LogP contribution in [0, 0.1) is 27.8 Å². The van der Waals surface area contributed by atoms with E-state index in [2.05, 4.69) is 4.90 Å². The third kappa shape index (κ3) is 5.91. The minimum absolute atomic E-state index is 0.0423. The molecule has 8 heteroatoms. The van der Waals surface area contributed by atoms with Crippen molar-refractivity contribution in [3.8, 4) is 0 Å². The zero-order valence-corrected chi connectivity index (χ0v) is 19.4. The molecular formula is C26H33FN4O3. The summed E-state index contributed by atoms with van der Waals surface area (Å²) in [7, 11) is 0. The number of amides is 2. The Labute approximate surface area is 199 Å². The minimum Gasteiger partial charge on any atom is -0.351 e. The number of nitrogens with two attached hydrogens (primary N) is 1. The summed E-state index contributed by atoms with van der Waals surface area (Å²) in [5.41, 5.74) is 7.44. The highest BCUT2D eigenvalue weighted by Crippen LogP contribution is 2.34. The van der Waals surface area contributed by atoms with E-state index in [1.807, 2.05) is 12.1 Å². The molecule has 4 rings (SSSR count). The number of anilines is 1. The summed E-state index contributed by atoms with van der Waals surface area (Å²) in [4.78, 5) is 27.4. The van der Waals surface area contributed by atoms with Crippen LogP contribution in [0.4, 0.5) is 20.6 Å². The number of nitro groups is 1. The SMILES string of the molecule is NC(=O)N(c1cccc([N+](=O)[O-])c1)[C@@H]1CCCC[C@H]1CN1CCC(Cc2ccc(F)cc2)CC1. The minimum atomic E-state index is -0.560. The number of likely N-dealkylation sites (tertiary alicyclic amines) is 1. The molecule has 1 saturated carbocycles. The number of primary amides is 1. The van der Waals surface area contributed by atoms with Crippen LogP contribution in [0.3, 0.4) is 0 Å². The number of nitro benzene ring substituents is 1. The number of rotatable bonds is 7. The van der Waals surface area contributed by atoms with Crippen molar-refractivity contribution in [2.24, 2.45) is 17.6 Å². The van der Waals surface area contributed by atoms with Gasteiger partial charge in [0.25, 0.3) is 5.69 Å². The van der Waals surface area contributed by atoms with Gasteiger partial charge in [-0.1, -0.05) is 31.0 Å². The van der Waals surface area contributed by atoms with E-state index in [1.165, 1.54) is 29.8 Å². The van der Waals surface area contributed by atoms with Crippen molar-refractivity contribution >= 4 is 17.4 Å². The molecule has 0 bridgehead atoms. The van der Waals surface area contributed by atoms with Crippen molar-refractivity contribution in [1.82, 2.24) is 4.90 Å². The largest absolute Gasteiger partial charge is 0.351 e. The molecular weight excluding hydrogens is 435 g/mol. The molecule has 0 spiro atoms. The molecule has 2 amide bonds. The van der Waals surface area contributed by atoms with Gasteiger partial charge in [0.2, 0.25) is 0 Å². The van der Waals surface area contributed by atoms with Gasteiger partial charge in [-0.25, -0.2) is 9.18 Å². The van der Waals surface area contributed by atoms with E-state index in [0.29, 0.717) is 11.6 Å². The Morgan fingerprint density at radius 3 is 2.47 bits per heavy atom. The van der Waals surface area contributed by atoms with E-state index in [1.54, 1.807) is 17.0 Å². The molecule has 2 N–H and O–H groups in total. The van der Waals surface area contributed by atoms with Gasteiger partial charge in [0.15, 0.2) is 0 Å². The quantitative estimate of drug-likeness (QED) is 0.450. The zero-order valence-electron chi connectivity index (χ0n) is 19.4. The molecule has 1 heterocycles. The highest BCUT2D eigenvalue weighted by atomic mass is 19.1. The van der Waals surface area contributed by atoms with Crippen molar-refractivity contribution in [3.63, 3.8) is 0 Å². The van der Waals surface area contributed by atoms with Crippen molar-refractivity contribution in [1.29, 1.82) is 0 Å². The number of benzene rings is 2. The average molecular weight is 469 g/mol. The summed E-state index contributed by atoms with van der Waals surface area (Å²) in [6, 6.07) is 12.4. The van der Waals surface area contributed by atoms with E-state index >= 15 is 0 Å². The van der Waals surface area contributed by atoms with Crippen molar-refractivity contribution in [3.05, 3.63) is 70.0 Å². The van der Waals surface area contributed by atoms with Gasteiger partial charge in [0.05, 0.1) is 10.6 Å². The monoisotopic (exact) mass is 468 g/mol. The van der Waals surface area contributed by atoms with Crippen molar-refractivity contribution in [2.75, 3.05) is 24.5 Å². The van der Waals surface area contributed by atoms with Crippen LogP contribution in [0.5, 0.6) is 0 Å². The Bertz CT molecular complexity index is 992. The van der Waals surface area contributed by atoms with Crippen LogP contribution in [-0.4, -0.2) is 41.5 Å². The Balaban J connectivity index is 1.40. The first-order chi connectivity index (χ1) is 16.4. The second kappa shape index (κ2) is 11.0. The van der Waals surface area contributed by atoms with Crippen LogP contribution in [0.25, 0.3) is 0 Å². The topological polar surface area (TPSA) is 92.7 Å². The molecule has 2 fully saturated rings. The van der Waals surface area contributed by atoms with E-state index in [-0.39, 0.29) is 23.5 Å². The lowest BCUT2D eigenvalue weighted by Gasteiger charge is -2.42. The lowest BCUT2D eigenvalue weighted by atomic mass is 9.82. The first-order valence-corrected chi connectivity index (χ1v) is 12.2. The van der Waals surface area contributed by atoms with Crippen LogP contribution in [0.1, 0.15) is 44.1 Å². The predicted molar refractivity (Wildman–Crippen MR) is 130 cm³/mol. The molecule has 7 nitrogen and oxygen atoms in total. The molecule has 182 valence electrons. The maximum atomic E-state index is 13.2. The van der Waals surface area contributed by atoms with Crippen molar-refractivity contribution in [2.45, 2.75) is 51.0 Å². The van der Waals surface area contributed by atoms with Gasteiger partial charge in [0.1, 0.15) is 5.82 Å². The highest BCUT2D eigenvalue weighted by molar-refractivity contribution is 5.91. The lowest BCUT2D eigenvalue weighted by Crippen LogP contribution is -2.52. The van der Waals surface area contributed by atoms with Gasteiger partial charge >= 0.3 is 6.03 Å². The molecule has 2 aromatic carbocycles. The van der Waals surface area contributed by atoms with Crippen LogP contribution in [-0.2, 0) is 6.42 Å². The molecule has 1 saturated heterocycles. The van der Waals surface area contributed by atoms with Gasteiger partial charge < -0.3 is 10.6 Å². The summed E-state index contributed by atoms with van der Waals surface area (Å²) in [5.74, 6) is 0.667. The maximum absolute atomic E-state index is 13.2. The number of hydrogen-bond donors (Lipinski definition) is 1. The number of nitrogens with zero attached hydrogens (tertiary/aromatic N) is 3. The molecule has 2 atom stereocenters. The average Bonchev–Trinajstić information content (AvgIpc) is 2.83. The fourth-order valence-electron chi connectivity index (χ4n) is 5.64. The molecule has 2 aliphatic rings. The number of urea groups is 1. The van der Waals surface area contributed by atoms with Crippen LogP contribution in [0.2, 0.25) is 0 Å². The normalized spacial score (nSPS) is 21.8. The lowest BCUT2D eigenvalue weighted by molar-refractivity contribution is -0.384. The fourth-order valence-corrected chi connectivity index (χ4v) is 5.64. The van der Waals surface area contributed by atoms with E-state index < -0.39 is 11.0 Å². The van der Waals surface area contributed by atoms with Crippen LogP contribution >= 0.6 is 0 Å². The maximum Gasteiger partial charge on any atom is 0.319 e. The summed E-state index contributed by atoms with van der Waals surface area (Å²) in [6.07, 6.45) is 7.15. The number of halogens is 1. The molecule has 0 aromatic heterocycles. The van der Waals surface area contributed by atoms with Crippen LogP contribution < -0.4 is 10.6 Å². The number of non-ortho nitro benzene ring substituents is 1. The number of carbonyl (C=O) groups is 1. The summed E-state index contributed by atoms with van der Waals surface area (Å²) < 4.78 is 13.2. The number of carbonyl (C=O) groups excluding carboxylic acids is 1. The molecule has 1 aliphatic carbocycles. The first kappa shape index (κ1) is 24.1. The second-order valence-corrected chi connectivity index (χ2v) is 9.67. The third-order valence-corrected chi connectivity index (χ3v) is 7.39. The van der Waals surface area contributed by atoms with Gasteiger partial charge in [-0.2, -0.15) is 0 Å². The first-order valence-electron chi connectivity index (χ1n) is 12.2. The third-order valence-electron chi connectivity index (χ3n) is 7.39. The molecule has 0 unspecified atom stereocenters. The summed E-state index contributed by atoms with van der Waals surface area (Å²) in [6.45, 7) is 2.90. The number of hydrogen-bond acceptors (Lipinski definition) is 4. The molecule has 34 heavy (non-hydrogen) atoms. The van der Waals surface area contributed by atoms with E-state index in [0.717, 1.165) is 64.6 Å². The highest BCUT2D eigenvalue weighted by Gasteiger charge is 2.35. The van der Waals surface area contributed by atoms with Gasteiger partial charge in [0, 0.05) is 24.7 Å². The van der Waals surface area contributed by atoms with Crippen molar-refractivity contribution < 1.29 is 14.1 Å². The summed E-state index contributed by atoms with van der Waals surface area (Å²) in [5, 5.41) is 11.3. The smallest absolute Gasteiger partial charge is 0.319 e. The van der Waals surface area contributed by atoms with E-state index in [4.69, 9.17) is 5.73 Å². The second-order valence-electron chi connectivity index (χ2n) is 9.67. The Morgan fingerprint density at radius 1 is 1.09 bits per heavy atom. The van der Waals surface area contributed by atoms with Gasteiger partial charge in [-0.05, 0) is 80.8 Å². The predicted octanol–water partition coefficient (Wildman–Crippen LogP) is 5.13. The fraction of sp³-hybridized carbons (Fsp3) is 0.500. The van der Waals surface area contributed by atoms with E-state index in [9.17, 15) is 19.3 Å². The zero-order chi connectivity index (χ0) is 24.1. The van der Waals surface area contributed by atoms with Gasteiger partial charge in [-0.15, -0.1) is 0 Å². The molecule has 2 aromatic rings. The van der Waals surface area contributed by atoms with Gasteiger partial charge in [-0.3, -0.25) is 15.0 Å².